The van der Waals surface area contributed by atoms with Gasteiger partial charge in [-0.2, -0.15) is 0 Å². The van der Waals surface area contributed by atoms with Gasteiger partial charge < -0.3 is 5.11 Å². The minimum Gasteiger partial charge on any atom is -0.478 e. The van der Waals surface area contributed by atoms with Gasteiger partial charge in [-0.25, -0.2) is 4.79 Å². The van der Waals surface area contributed by atoms with Crippen molar-refractivity contribution in [3.63, 3.8) is 0 Å². The van der Waals surface area contributed by atoms with Crippen LogP contribution in [0.25, 0.3) is 0 Å². The van der Waals surface area contributed by atoms with Gasteiger partial charge in [-0.15, -0.1) is 0 Å². The molecule has 0 saturated carbocycles. The molecule has 0 fully saturated rings. The molecule has 0 heterocycles. The second kappa shape index (κ2) is 6.30. The number of halogens is 1. The van der Waals surface area contributed by atoms with E-state index in [1.165, 1.54) is 16.9 Å². The van der Waals surface area contributed by atoms with E-state index in [0.717, 1.165) is 17.1 Å². The Morgan fingerprint density at radius 1 is 1.53 bits per heavy atom. The molecule has 0 amide bonds. The van der Waals surface area contributed by atoms with Crippen molar-refractivity contribution in [1.29, 1.82) is 0 Å². The second-order valence-electron chi connectivity index (χ2n) is 2.85. The Morgan fingerprint density at radius 2 is 2.27 bits per heavy atom. The maximum atomic E-state index is 10.9. The molecular formula is C10H11ClO2S2. The third-order valence-electron chi connectivity index (χ3n) is 1.61. The molecule has 0 radical (unpaired) electrons. The van der Waals surface area contributed by atoms with Crippen molar-refractivity contribution in [2.24, 2.45) is 0 Å². The first-order valence-corrected chi connectivity index (χ1v) is 7.17. The van der Waals surface area contributed by atoms with Crippen molar-refractivity contribution < 1.29 is 9.90 Å². The first kappa shape index (κ1) is 12.7. The standard InChI is InChI=1S/C10H11ClO2S2/c1-2-5-14-15-9-4-3-7(11)6-8(9)10(12)13/h3-4,6H,2,5H2,1H3,(H,12,13). The molecule has 0 saturated heterocycles. The Labute approximate surface area is 102 Å². The third kappa shape index (κ3) is 3.97. The molecule has 82 valence electrons. The molecule has 1 aromatic rings. The molecule has 0 unspecified atom stereocenters. The van der Waals surface area contributed by atoms with E-state index in [2.05, 4.69) is 6.92 Å². The van der Waals surface area contributed by atoms with Gasteiger partial charge in [0.15, 0.2) is 0 Å². The fourth-order valence-electron chi connectivity index (χ4n) is 0.930. The highest BCUT2D eigenvalue weighted by molar-refractivity contribution is 8.76. The van der Waals surface area contributed by atoms with E-state index in [0.29, 0.717) is 5.02 Å². The van der Waals surface area contributed by atoms with Crippen molar-refractivity contribution in [3.8, 4) is 0 Å². The Bertz CT molecular complexity index is 355. The SMILES string of the molecule is CCCSSc1ccc(Cl)cc1C(=O)O. The van der Waals surface area contributed by atoms with Gasteiger partial charge >= 0.3 is 5.97 Å². The number of carboxylic acid groups (broad SMARTS) is 1. The van der Waals surface area contributed by atoms with E-state index in [1.54, 1.807) is 22.9 Å². The Hall–Kier alpha value is -0.320. The Balaban J connectivity index is 2.81. The zero-order chi connectivity index (χ0) is 11.3. The highest BCUT2D eigenvalue weighted by Gasteiger charge is 2.11. The summed E-state index contributed by atoms with van der Waals surface area (Å²) in [4.78, 5) is 11.7. The summed E-state index contributed by atoms with van der Waals surface area (Å²) in [6.45, 7) is 2.09. The third-order valence-corrected chi connectivity index (χ3v) is 4.46. The first-order chi connectivity index (χ1) is 7.15. The lowest BCUT2D eigenvalue weighted by Gasteiger charge is -2.04. The highest BCUT2D eigenvalue weighted by Crippen LogP contribution is 2.34. The molecule has 0 atom stereocenters. The summed E-state index contributed by atoms with van der Waals surface area (Å²) in [6, 6.07) is 4.95. The molecule has 15 heavy (non-hydrogen) atoms. The zero-order valence-corrected chi connectivity index (χ0v) is 10.6. The van der Waals surface area contributed by atoms with Crippen molar-refractivity contribution in [2.75, 3.05) is 5.75 Å². The monoisotopic (exact) mass is 262 g/mol. The highest BCUT2D eigenvalue weighted by atomic mass is 35.5. The molecule has 1 N–H and O–H groups in total. The van der Waals surface area contributed by atoms with Crippen molar-refractivity contribution >= 4 is 39.2 Å². The molecular weight excluding hydrogens is 252 g/mol. The summed E-state index contributed by atoms with van der Waals surface area (Å²) >= 11 is 5.74. The predicted octanol–water partition coefficient (Wildman–Crippen LogP) is 4.19. The fourth-order valence-corrected chi connectivity index (χ4v) is 3.41. The molecule has 0 spiro atoms. The van der Waals surface area contributed by atoms with E-state index in [9.17, 15) is 4.79 Å². The smallest absolute Gasteiger partial charge is 0.336 e. The first-order valence-electron chi connectivity index (χ1n) is 4.47. The molecule has 0 aromatic heterocycles. The van der Waals surface area contributed by atoms with Crippen molar-refractivity contribution in [1.82, 2.24) is 0 Å². The molecule has 0 aliphatic carbocycles. The lowest BCUT2D eigenvalue weighted by atomic mass is 10.2. The van der Waals surface area contributed by atoms with E-state index in [-0.39, 0.29) is 5.56 Å². The van der Waals surface area contributed by atoms with E-state index < -0.39 is 5.97 Å². The van der Waals surface area contributed by atoms with Crippen LogP contribution in [-0.4, -0.2) is 16.8 Å². The van der Waals surface area contributed by atoms with Gasteiger partial charge in [-0.1, -0.05) is 40.1 Å². The number of aromatic carboxylic acids is 1. The van der Waals surface area contributed by atoms with Gasteiger partial charge in [0.25, 0.3) is 0 Å². The summed E-state index contributed by atoms with van der Waals surface area (Å²) in [7, 11) is 3.14. The minimum atomic E-state index is -0.933. The Kier molecular flexibility index (Phi) is 5.36. The topological polar surface area (TPSA) is 37.3 Å². The lowest BCUT2D eigenvalue weighted by molar-refractivity contribution is 0.0693. The zero-order valence-electron chi connectivity index (χ0n) is 8.20. The van der Waals surface area contributed by atoms with Crippen LogP contribution in [0.4, 0.5) is 0 Å². The van der Waals surface area contributed by atoms with E-state index in [1.807, 2.05) is 0 Å². The quantitative estimate of drug-likeness (QED) is 0.638. The summed E-state index contributed by atoms with van der Waals surface area (Å²) in [6.07, 6.45) is 1.08. The van der Waals surface area contributed by atoms with Gasteiger partial charge in [0.2, 0.25) is 0 Å². The van der Waals surface area contributed by atoms with Crippen molar-refractivity contribution in [2.45, 2.75) is 18.2 Å². The summed E-state index contributed by atoms with van der Waals surface area (Å²) < 4.78 is 0. The van der Waals surface area contributed by atoms with Crippen LogP contribution in [-0.2, 0) is 0 Å². The van der Waals surface area contributed by atoms with Crippen LogP contribution >= 0.6 is 33.2 Å². The average molecular weight is 263 g/mol. The molecule has 0 bridgehead atoms. The number of rotatable bonds is 5. The van der Waals surface area contributed by atoms with Crippen LogP contribution < -0.4 is 0 Å². The molecule has 1 aromatic carbocycles. The number of carboxylic acids is 1. The maximum Gasteiger partial charge on any atom is 0.336 e. The number of hydrogen-bond acceptors (Lipinski definition) is 3. The summed E-state index contributed by atoms with van der Waals surface area (Å²) in [5.41, 5.74) is 0.274. The van der Waals surface area contributed by atoms with Gasteiger partial charge in [-0.05, 0) is 24.6 Å². The summed E-state index contributed by atoms with van der Waals surface area (Å²) in [5, 5.41) is 9.42. The van der Waals surface area contributed by atoms with Gasteiger partial charge in [0.1, 0.15) is 0 Å². The average Bonchev–Trinajstić information content (AvgIpc) is 2.20. The van der Waals surface area contributed by atoms with E-state index in [4.69, 9.17) is 16.7 Å². The molecule has 1 rings (SSSR count). The van der Waals surface area contributed by atoms with Crippen LogP contribution in [0.2, 0.25) is 5.02 Å². The molecule has 0 aliphatic rings. The van der Waals surface area contributed by atoms with Crippen LogP contribution in [0.1, 0.15) is 23.7 Å². The largest absolute Gasteiger partial charge is 0.478 e. The van der Waals surface area contributed by atoms with Crippen molar-refractivity contribution in [3.05, 3.63) is 28.8 Å². The van der Waals surface area contributed by atoms with Gasteiger partial charge in [-0.3, -0.25) is 0 Å². The fraction of sp³-hybridized carbons (Fsp3) is 0.300. The Morgan fingerprint density at radius 3 is 2.87 bits per heavy atom. The van der Waals surface area contributed by atoms with Crippen LogP contribution in [0.15, 0.2) is 23.1 Å². The number of carbonyl (C=O) groups is 1. The predicted molar refractivity (Wildman–Crippen MR) is 67.0 cm³/mol. The number of hydrogen-bond donors (Lipinski definition) is 1. The summed E-state index contributed by atoms with van der Waals surface area (Å²) in [5.74, 6) is 0.0731. The van der Waals surface area contributed by atoms with Gasteiger partial charge in [0.05, 0.1) is 5.56 Å². The molecule has 2 nitrogen and oxygen atoms in total. The van der Waals surface area contributed by atoms with Crippen LogP contribution in [0, 0.1) is 0 Å². The lowest BCUT2D eigenvalue weighted by Crippen LogP contribution is -1.98. The molecule has 5 heteroatoms. The molecule has 0 aliphatic heterocycles. The number of benzene rings is 1. The van der Waals surface area contributed by atoms with E-state index >= 15 is 0 Å². The van der Waals surface area contributed by atoms with Crippen LogP contribution in [0.5, 0.6) is 0 Å². The second-order valence-corrected chi connectivity index (χ2v) is 5.74. The minimum absolute atomic E-state index is 0.274. The maximum absolute atomic E-state index is 10.9. The van der Waals surface area contributed by atoms with Gasteiger partial charge in [0, 0.05) is 15.7 Å². The van der Waals surface area contributed by atoms with Crippen LogP contribution in [0.3, 0.4) is 0 Å². The normalized spacial score (nSPS) is 10.3.